The number of nitrogens with zero attached hydrogens (tertiary/aromatic N) is 1. The van der Waals surface area contributed by atoms with E-state index in [0.717, 1.165) is 10.8 Å². The van der Waals surface area contributed by atoms with E-state index in [4.69, 9.17) is 10.5 Å². The van der Waals surface area contributed by atoms with Gasteiger partial charge in [0, 0.05) is 11.3 Å². The van der Waals surface area contributed by atoms with Gasteiger partial charge in [0.25, 0.3) is 0 Å². The SMILES string of the molecule is CC1(C)SC[C@@](C)(c2cc(Oc3ccc4ccccc4c3)ccc2F)N=C1N. The van der Waals surface area contributed by atoms with Gasteiger partial charge in [-0.3, -0.25) is 4.99 Å². The molecule has 0 unspecified atom stereocenters. The summed E-state index contributed by atoms with van der Waals surface area (Å²) in [5.41, 5.74) is 5.94. The minimum Gasteiger partial charge on any atom is -0.457 e. The van der Waals surface area contributed by atoms with Gasteiger partial charge in [-0.1, -0.05) is 30.3 Å². The molecule has 1 heterocycles. The molecule has 1 atom stereocenters. The summed E-state index contributed by atoms with van der Waals surface area (Å²) in [5.74, 6) is 2.17. The molecular formula is C23H23FN2OS. The van der Waals surface area contributed by atoms with Crippen molar-refractivity contribution in [1.29, 1.82) is 0 Å². The Balaban J connectivity index is 1.68. The van der Waals surface area contributed by atoms with Crippen LogP contribution in [0.2, 0.25) is 0 Å². The van der Waals surface area contributed by atoms with Crippen LogP contribution >= 0.6 is 11.8 Å². The number of thioether (sulfide) groups is 1. The number of aliphatic imine (C=N–C) groups is 1. The van der Waals surface area contributed by atoms with Gasteiger partial charge in [0.15, 0.2) is 0 Å². The zero-order valence-corrected chi connectivity index (χ0v) is 17.0. The van der Waals surface area contributed by atoms with Crippen molar-refractivity contribution in [2.45, 2.75) is 31.1 Å². The Kier molecular flexibility index (Phi) is 4.58. The molecule has 0 saturated carbocycles. The van der Waals surface area contributed by atoms with Crippen molar-refractivity contribution < 1.29 is 9.13 Å². The third kappa shape index (κ3) is 3.47. The van der Waals surface area contributed by atoms with Gasteiger partial charge in [-0.05, 0) is 61.9 Å². The fourth-order valence-corrected chi connectivity index (χ4v) is 4.37. The fourth-order valence-electron chi connectivity index (χ4n) is 3.31. The Bertz CT molecular complexity index is 1080. The summed E-state index contributed by atoms with van der Waals surface area (Å²) in [6.45, 7) is 5.98. The highest BCUT2D eigenvalue weighted by Crippen LogP contribution is 2.42. The lowest BCUT2D eigenvalue weighted by atomic mass is 9.93. The van der Waals surface area contributed by atoms with Gasteiger partial charge in [-0.25, -0.2) is 4.39 Å². The smallest absolute Gasteiger partial charge is 0.129 e. The van der Waals surface area contributed by atoms with E-state index in [9.17, 15) is 4.39 Å². The fraction of sp³-hybridized carbons (Fsp3) is 0.261. The highest BCUT2D eigenvalue weighted by Gasteiger charge is 2.39. The number of nitrogens with two attached hydrogens (primary N) is 1. The molecular weight excluding hydrogens is 371 g/mol. The van der Waals surface area contributed by atoms with E-state index in [1.54, 1.807) is 23.9 Å². The van der Waals surface area contributed by atoms with E-state index in [-0.39, 0.29) is 10.6 Å². The molecule has 0 radical (unpaired) electrons. The summed E-state index contributed by atoms with van der Waals surface area (Å²) in [5, 5.41) is 2.24. The molecule has 2 N–H and O–H groups in total. The number of hydrogen-bond acceptors (Lipinski definition) is 4. The zero-order chi connectivity index (χ0) is 19.9. The normalized spacial score (nSPS) is 21.4. The van der Waals surface area contributed by atoms with Gasteiger partial charge in [-0.2, -0.15) is 0 Å². The largest absolute Gasteiger partial charge is 0.457 e. The summed E-state index contributed by atoms with van der Waals surface area (Å²) < 4.78 is 20.5. The second kappa shape index (κ2) is 6.82. The molecule has 0 aromatic heterocycles. The summed E-state index contributed by atoms with van der Waals surface area (Å²) >= 11 is 1.69. The Morgan fingerprint density at radius 2 is 1.64 bits per heavy atom. The second-order valence-corrected chi connectivity index (χ2v) is 9.42. The molecule has 28 heavy (non-hydrogen) atoms. The molecule has 0 spiro atoms. The number of rotatable bonds is 3. The summed E-state index contributed by atoms with van der Waals surface area (Å²) in [6.07, 6.45) is 0. The van der Waals surface area contributed by atoms with Crippen molar-refractivity contribution in [1.82, 2.24) is 0 Å². The quantitative estimate of drug-likeness (QED) is 0.604. The average molecular weight is 395 g/mol. The molecule has 0 fully saturated rings. The molecule has 3 nitrogen and oxygen atoms in total. The van der Waals surface area contributed by atoms with Crippen LogP contribution in [0.25, 0.3) is 10.8 Å². The summed E-state index contributed by atoms with van der Waals surface area (Å²) in [7, 11) is 0. The first kappa shape index (κ1) is 18.8. The van der Waals surface area contributed by atoms with E-state index >= 15 is 0 Å². The van der Waals surface area contributed by atoms with Crippen molar-refractivity contribution >= 4 is 28.4 Å². The van der Waals surface area contributed by atoms with E-state index in [0.29, 0.717) is 28.7 Å². The molecule has 5 heteroatoms. The Morgan fingerprint density at radius 1 is 0.964 bits per heavy atom. The van der Waals surface area contributed by atoms with Gasteiger partial charge in [0.2, 0.25) is 0 Å². The highest BCUT2D eigenvalue weighted by atomic mass is 32.2. The predicted molar refractivity (Wildman–Crippen MR) is 116 cm³/mol. The number of halogens is 1. The standard InChI is InChI=1S/C23H23FN2OS/c1-22(2)21(25)26-23(3,14-28-22)19-13-18(10-11-20(19)24)27-17-9-8-15-6-4-5-7-16(15)12-17/h4-13H,14H2,1-3H3,(H2,25,26)/t23-/m0/s1. The van der Waals surface area contributed by atoms with Gasteiger partial charge in [0.05, 0.1) is 10.3 Å². The van der Waals surface area contributed by atoms with Crippen LogP contribution < -0.4 is 10.5 Å². The van der Waals surface area contributed by atoms with Crippen molar-refractivity contribution in [3.8, 4) is 11.5 Å². The first-order valence-electron chi connectivity index (χ1n) is 9.23. The minimum absolute atomic E-state index is 0.241. The number of fused-ring (bicyclic) bond motifs is 1. The van der Waals surface area contributed by atoms with Crippen LogP contribution in [0.15, 0.2) is 65.7 Å². The molecule has 4 rings (SSSR count). The maximum Gasteiger partial charge on any atom is 0.129 e. The minimum atomic E-state index is -0.725. The van der Waals surface area contributed by atoms with Crippen molar-refractivity contribution in [3.63, 3.8) is 0 Å². The third-order valence-electron chi connectivity index (χ3n) is 5.17. The highest BCUT2D eigenvalue weighted by molar-refractivity contribution is 8.01. The molecule has 144 valence electrons. The molecule has 3 aromatic carbocycles. The van der Waals surface area contributed by atoms with E-state index in [1.165, 1.54) is 6.07 Å². The Hall–Kier alpha value is -2.53. The van der Waals surface area contributed by atoms with Crippen molar-refractivity contribution in [2.75, 3.05) is 5.75 Å². The lowest BCUT2D eigenvalue weighted by Gasteiger charge is -2.37. The van der Waals surface area contributed by atoms with Crippen molar-refractivity contribution in [3.05, 3.63) is 72.0 Å². The molecule has 3 aromatic rings. The first-order chi connectivity index (χ1) is 13.3. The second-order valence-electron chi connectivity index (χ2n) is 7.82. The molecule has 0 aliphatic carbocycles. The lowest BCUT2D eigenvalue weighted by Crippen LogP contribution is -2.44. The van der Waals surface area contributed by atoms with E-state index < -0.39 is 5.54 Å². The zero-order valence-electron chi connectivity index (χ0n) is 16.2. The van der Waals surface area contributed by atoms with Crippen LogP contribution in [-0.4, -0.2) is 16.3 Å². The third-order valence-corrected chi connectivity index (χ3v) is 6.81. The first-order valence-corrected chi connectivity index (χ1v) is 10.2. The summed E-state index contributed by atoms with van der Waals surface area (Å²) in [4.78, 5) is 4.67. The van der Waals surface area contributed by atoms with Crippen LogP contribution in [-0.2, 0) is 5.54 Å². The van der Waals surface area contributed by atoms with Gasteiger partial charge in [0.1, 0.15) is 23.2 Å². The Morgan fingerprint density at radius 3 is 2.39 bits per heavy atom. The molecule has 0 amide bonds. The molecule has 1 aliphatic heterocycles. The molecule has 1 aliphatic rings. The van der Waals surface area contributed by atoms with E-state index in [2.05, 4.69) is 11.1 Å². The van der Waals surface area contributed by atoms with Crippen LogP contribution in [0, 0.1) is 5.82 Å². The number of ether oxygens (including phenoxy) is 1. The number of amidine groups is 1. The van der Waals surface area contributed by atoms with E-state index in [1.807, 2.05) is 57.2 Å². The van der Waals surface area contributed by atoms with Gasteiger partial charge < -0.3 is 10.5 Å². The van der Waals surface area contributed by atoms with Crippen molar-refractivity contribution in [2.24, 2.45) is 10.7 Å². The topological polar surface area (TPSA) is 47.6 Å². The number of hydrogen-bond donors (Lipinski definition) is 1. The lowest BCUT2D eigenvalue weighted by molar-refractivity contribution is 0.465. The predicted octanol–water partition coefficient (Wildman–Crippen LogP) is 5.87. The summed E-state index contributed by atoms with van der Waals surface area (Å²) in [6, 6.07) is 18.8. The maximum absolute atomic E-state index is 14.7. The van der Waals surface area contributed by atoms with Gasteiger partial charge in [-0.15, -0.1) is 11.8 Å². The molecule has 0 saturated heterocycles. The van der Waals surface area contributed by atoms with Crippen LogP contribution in [0.3, 0.4) is 0 Å². The van der Waals surface area contributed by atoms with Crippen LogP contribution in [0.1, 0.15) is 26.3 Å². The average Bonchev–Trinajstić information content (AvgIpc) is 2.67. The Labute approximate surface area is 168 Å². The van der Waals surface area contributed by atoms with Crippen LogP contribution in [0.5, 0.6) is 11.5 Å². The van der Waals surface area contributed by atoms with Crippen LogP contribution in [0.4, 0.5) is 4.39 Å². The van der Waals surface area contributed by atoms with Gasteiger partial charge >= 0.3 is 0 Å². The monoisotopic (exact) mass is 394 g/mol. The molecule has 0 bridgehead atoms. The maximum atomic E-state index is 14.7. The number of benzene rings is 3.